The molecule has 0 aliphatic rings. The van der Waals surface area contributed by atoms with Gasteiger partial charge in [0.15, 0.2) is 0 Å². The Kier molecular flexibility index (Phi) is 9.39. The van der Waals surface area contributed by atoms with Gasteiger partial charge in [-0.3, -0.25) is 0 Å². The van der Waals surface area contributed by atoms with E-state index in [1.165, 1.54) is 0 Å². The molecule has 5 heavy (non-hydrogen) atoms. The van der Waals surface area contributed by atoms with E-state index in [1.54, 1.807) is 0 Å². The third kappa shape index (κ3) is 44.7. The SMILES string of the molecule is NC(=S)S.[MgH2]. The molecule has 4 heteroatoms. The minimum Gasteiger partial charge on any atom is -0.385 e. The summed E-state index contributed by atoms with van der Waals surface area (Å²) in [6.07, 6.45) is 0. The predicted molar refractivity (Wildman–Crippen MR) is 34.3 cm³/mol. The second kappa shape index (κ2) is 5.01. The van der Waals surface area contributed by atoms with E-state index in [0.717, 1.165) is 0 Å². The molecule has 0 rings (SSSR count). The third-order valence-electron chi connectivity index (χ3n) is 0. The van der Waals surface area contributed by atoms with Gasteiger partial charge in [0.2, 0.25) is 0 Å². The van der Waals surface area contributed by atoms with Crippen molar-refractivity contribution >= 4 is 52.2 Å². The second-order valence-corrected chi connectivity index (χ2v) is 1.56. The molecule has 2 N–H and O–H groups in total. The Labute approximate surface area is 57.9 Å². The van der Waals surface area contributed by atoms with E-state index in [-0.39, 0.29) is 27.4 Å². The van der Waals surface area contributed by atoms with Crippen molar-refractivity contribution in [3.8, 4) is 0 Å². The van der Waals surface area contributed by atoms with Gasteiger partial charge >= 0.3 is 23.1 Å². The molecule has 0 saturated carbocycles. The van der Waals surface area contributed by atoms with Crippen LogP contribution in [0.15, 0.2) is 0 Å². The van der Waals surface area contributed by atoms with E-state index in [4.69, 9.17) is 5.73 Å². The van der Waals surface area contributed by atoms with Crippen LogP contribution in [0.3, 0.4) is 0 Å². The van der Waals surface area contributed by atoms with E-state index in [2.05, 4.69) is 24.8 Å². The highest BCUT2D eigenvalue weighted by molar-refractivity contribution is 8.10. The summed E-state index contributed by atoms with van der Waals surface area (Å²) in [6, 6.07) is 0. The Hall–Kier alpha value is 1.01. The molecule has 0 fully saturated rings. The summed E-state index contributed by atoms with van der Waals surface area (Å²) in [7, 11) is 0. The molecule has 0 radical (unpaired) electrons. The van der Waals surface area contributed by atoms with Gasteiger partial charge in [-0.05, 0) is 0 Å². The lowest BCUT2D eigenvalue weighted by Crippen LogP contribution is -1.94. The Morgan fingerprint density at radius 1 is 1.80 bits per heavy atom. The molecule has 1 nitrogen and oxygen atoms in total. The fourth-order valence-electron chi connectivity index (χ4n) is 0. The topological polar surface area (TPSA) is 26.0 Å². The van der Waals surface area contributed by atoms with Crippen LogP contribution in [0, 0.1) is 0 Å². The summed E-state index contributed by atoms with van der Waals surface area (Å²) in [5.41, 5.74) is 4.71. The molecule has 0 bridgehead atoms. The van der Waals surface area contributed by atoms with Gasteiger partial charge in [-0.2, -0.15) is 0 Å². The van der Waals surface area contributed by atoms with E-state index >= 15 is 0 Å². The molecule has 28 valence electrons. The van der Waals surface area contributed by atoms with E-state index < -0.39 is 0 Å². The maximum atomic E-state index is 4.71. The lowest BCUT2D eigenvalue weighted by Gasteiger charge is -1.64. The largest absolute Gasteiger partial charge is 0.385 e. The fraction of sp³-hybridized carbons (Fsp3) is 0. The molecule has 0 amide bonds. The standard InChI is InChI=1S/CH3NS2.Mg.2H/c2-1(3)4;;;/h(H3,2,3,4);;;. The van der Waals surface area contributed by atoms with Crippen molar-refractivity contribution in [1.82, 2.24) is 0 Å². The quantitative estimate of drug-likeness (QED) is 0.249. The van der Waals surface area contributed by atoms with Gasteiger partial charge in [0.05, 0.1) is 0 Å². The molecular weight excluding hydrogens is 114 g/mol. The number of thiocarbonyl (C=S) groups is 1. The third-order valence-corrected chi connectivity index (χ3v) is 0. The number of thiol groups is 1. The lowest BCUT2D eigenvalue weighted by molar-refractivity contribution is 1.91. The van der Waals surface area contributed by atoms with Crippen LogP contribution in [-0.2, 0) is 0 Å². The Morgan fingerprint density at radius 3 is 1.80 bits per heavy atom. The van der Waals surface area contributed by atoms with Gasteiger partial charge in [0, 0.05) is 0 Å². The van der Waals surface area contributed by atoms with E-state index in [9.17, 15) is 0 Å². The van der Waals surface area contributed by atoms with E-state index in [1.807, 2.05) is 0 Å². The average molecular weight is 119 g/mol. The van der Waals surface area contributed by atoms with E-state index in [0.29, 0.717) is 0 Å². The van der Waals surface area contributed by atoms with Crippen molar-refractivity contribution in [3.63, 3.8) is 0 Å². The fourth-order valence-corrected chi connectivity index (χ4v) is 0. The molecule has 0 aromatic heterocycles. The first-order chi connectivity index (χ1) is 1.73. The highest BCUT2D eigenvalue weighted by atomic mass is 32.1. The zero-order valence-corrected chi connectivity index (χ0v) is 3.64. The first-order valence-corrected chi connectivity index (χ1v) is 1.57. The molecule has 0 unspecified atom stereocenters. The lowest BCUT2D eigenvalue weighted by atomic mass is 11.5. The number of hydrogen-bond donors (Lipinski definition) is 2. The summed E-state index contributed by atoms with van der Waals surface area (Å²) in [5, 5.41) is 0. The number of nitrogens with two attached hydrogens (primary N) is 1. The molecule has 0 aromatic rings. The van der Waals surface area contributed by atoms with Gasteiger partial charge in [-0.1, -0.05) is 12.2 Å². The first kappa shape index (κ1) is 9.38. The summed E-state index contributed by atoms with van der Waals surface area (Å²) in [5.74, 6) is 0. The highest BCUT2D eigenvalue weighted by Gasteiger charge is 1.55. The molecule has 0 aromatic carbocycles. The number of hydrogen-bond acceptors (Lipinski definition) is 1. The van der Waals surface area contributed by atoms with Crippen LogP contribution in [-0.4, -0.2) is 27.4 Å². The van der Waals surface area contributed by atoms with Crippen molar-refractivity contribution in [2.24, 2.45) is 5.73 Å². The van der Waals surface area contributed by atoms with Crippen LogP contribution in [0.4, 0.5) is 0 Å². The zero-order chi connectivity index (χ0) is 3.58. The van der Waals surface area contributed by atoms with Crippen LogP contribution in [0.25, 0.3) is 0 Å². The first-order valence-electron chi connectivity index (χ1n) is 0.716. The molecule has 0 saturated heterocycles. The molecule has 0 spiro atoms. The van der Waals surface area contributed by atoms with Gasteiger partial charge < -0.3 is 5.73 Å². The van der Waals surface area contributed by atoms with Crippen LogP contribution < -0.4 is 5.73 Å². The monoisotopic (exact) mass is 119 g/mol. The predicted octanol–water partition coefficient (Wildman–Crippen LogP) is -0.756. The Bertz CT molecular complexity index is 32.6. The maximum Gasteiger partial charge on any atom is 0.316 e. The average Bonchev–Trinajstić information content (AvgIpc) is 0.811. The van der Waals surface area contributed by atoms with Crippen molar-refractivity contribution in [1.29, 1.82) is 0 Å². The Morgan fingerprint density at radius 2 is 1.80 bits per heavy atom. The molecular formula is CH5MgNS2. The van der Waals surface area contributed by atoms with Gasteiger partial charge in [-0.15, -0.1) is 12.6 Å². The molecule has 0 atom stereocenters. The van der Waals surface area contributed by atoms with Gasteiger partial charge in [0.1, 0.15) is 4.32 Å². The highest BCUT2D eigenvalue weighted by Crippen LogP contribution is 1.63. The van der Waals surface area contributed by atoms with Crippen molar-refractivity contribution in [2.75, 3.05) is 0 Å². The minimum atomic E-state index is 0. The van der Waals surface area contributed by atoms with Gasteiger partial charge in [-0.25, -0.2) is 0 Å². The van der Waals surface area contributed by atoms with Crippen molar-refractivity contribution in [2.45, 2.75) is 0 Å². The second-order valence-electron chi connectivity index (χ2n) is 0.338. The van der Waals surface area contributed by atoms with Crippen molar-refractivity contribution < 1.29 is 0 Å². The molecule has 0 aliphatic heterocycles. The normalized spacial score (nSPS) is 5.00. The molecule has 0 heterocycles. The van der Waals surface area contributed by atoms with Crippen LogP contribution >= 0.6 is 24.8 Å². The smallest absolute Gasteiger partial charge is 0.316 e. The summed E-state index contributed by atoms with van der Waals surface area (Å²) < 4.78 is 0.194. The summed E-state index contributed by atoms with van der Waals surface area (Å²) >= 11 is 7.65. The Balaban J connectivity index is 0. The zero-order valence-electron chi connectivity index (χ0n) is 1.93. The molecule has 0 aliphatic carbocycles. The summed E-state index contributed by atoms with van der Waals surface area (Å²) in [6.45, 7) is 0. The van der Waals surface area contributed by atoms with Gasteiger partial charge in [0.25, 0.3) is 0 Å². The number of rotatable bonds is 0. The van der Waals surface area contributed by atoms with Crippen molar-refractivity contribution in [3.05, 3.63) is 0 Å². The maximum absolute atomic E-state index is 4.71. The van der Waals surface area contributed by atoms with Crippen LogP contribution in [0.2, 0.25) is 0 Å². The van der Waals surface area contributed by atoms with Crippen LogP contribution in [0.5, 0.6) is 0 Å². The van der Waals surface area contributed by atoms with Crippen LogP contribution in [0.1, 0.15) is 0 Å². The summed E-state index contributed by atoms with van der Waals surface area (Å²) in [4.78, 5) is 0. The minimum absolute atomic E-state index is 0.